The highest BCUT2D eigenvalue weighted by molar-refractivity contribution is 6.00. The molecule has 82 valence electrons. The van der Waals surface area contributed by atoms with Crippen LogP contribution in [-0.2, 0) is 0 Å². The molecule has 0 aliphatic rings. The fourth-order valence-corrected chi connectivity index (χ4v) is 1.44. The van der Waals surface area contributed by atoms with Crippen LogP contribution >= 0.6 is 0 Å². The van der Waals surface area contributed by atoms with E-state index in [2.05, 4.69) is 4.99 Å². The number of furan rings is 1. The molecule has 0 radical (unpaired) electrons. The number of ether oxygens (including phenoxy) is 1. The number of nitrogens with zero attached hydrogens (tertiary/aromatic N) is 1. The molecule has 0 spiro atoms. The molecule has 0 saturated carbocycles. The Morgan fingerprint density at radius 3 is 2.75 bits per heavy atom. The first kappa shape index (κ1) is 10.5. The maximum atomic E-state index is 5.23. The molecule has 1 aromatic heterocycles. The lowest BCUT2D eigenvalue weighted by atomic mass is 10.2. The van der Waals surface area contributed by atoms with Crippen LogP contribution in [0.5, 0.6) is 5.75 Å². The number of benzene rings is 1. The zero-order valence-electron chi connectivity index (χ0n) is 9.31. The fourth-order valence-electron chi connectivity index (χ4n) is 1.44. The smallest absolute Gasteiger partial charge is 0.144 e. The number of para-hydroxylation sites is 2. The lowest BCUT2D eigenvalue weighted by Crippen LogP contribution is -1.91. The standard InChI is InChI=1S/C13H13NO2/c1-10(11-7-8-16-9-11)14-12-5-3-4-6-13(12)15-2/h3-9H,1-2H3. The zero-order chi connectivity index (χ0) is 11.4. The quantitative estimate of drug-likeness (QED) is 0.735. The van der Waals surface area contributed by atoms with Crippen molar-refractivity contribution in [1.82, 2.24) is 0 Å². The number of rotatable bonds is 3. The van der Waals surface area contributed by atoms with Gasteiger partial charge in [0.05, 0.1) is 19.6 Å². The summed E-state index contributed by atoms with van der Waals surface area (Å²) in [7, 11) is 1.64. The van der Waals surface area contributed by atoms with Gasteiger partial charge in [-0.15, -0.1) is 0 Å². The van der Waals surface area contributed by atoms with Crippen molar-refractivity contribution in [2.45, 2.75) is 6.92 Å². The summed E-state index contributed by atoms with van der Waals surface area (Å²) >= 11 is 0. The Balaban J connectivity index is 2.35. The van der Waals surface area contributed by atoms with Crippen LogP contribution in [-0.4, -0.2) is 12.8 Å². The van der Waals surface area contributed by atoms with Gasteiger partial charge in [-0.25, -0.2) is 4.99 Å². The summed E-state index contributed by atoms with van der Waals surface area (Å²) < 4.78 is 10.3. The molecule has 3 heteroatoms. The molecule has 0 unspecified atom stereocenters. The van der Waals surface area contributed by atoms with Crippen LogP contribution in [0, 0.1) is 0 Å². The molecule has 2 aromatic rings. The van der Waals surface area contributed by atoms with Gasteiger partial charge in [-0.3, -0.25) is 0 Å². The van der Waals surface area contributed by atoms with E-state index in [0.717, 1.165) is 22.7 Å². The summed E-state index contributed by atoms with van der Waals surface area (Å²) in [6, 6.07) is 9.55. The largest absolute Gasteiger partial charge is 0.494 e. The van der Waals surface area contributed by atoms with E-state index in [0.29, 0.717) is 0 Å². The highest BCUT2D eigenvalue weighted by Crippen LogP contribution is 2.27. The molecular weight excluding hydrogens is 202 g/mol. The Bertz CT molecular complexity index is 486. The molecule has 1 heterocycles. The van der Waals surface area contributed by atoms with E-state index in [1.165, 1.54) is 0 Å². The normalized spacial score (nSPS) is 11.5. The molecule has 0 atom stereocenters. The van der Waals surface area contributed by atoms with E-state index in [9.17, 15) is 0 Å². The van der Waals surface area contributed by atoms with Crippen LogP contribution in [0.4, 0.5) is 5.69 Å². The van der Waals surface area contributed by atoms with Crippen molar-refractivity contribution in [1.29, 1.82) is 0 Å². The highest BCUT2D eigenvalue weighted by Gasteiger charge is 2.02. The van der Waals surface area contributed by atoms with Crippen molar-refractivity contribution < 1.29 is 9.15 Å². The third-order valence-electron chi connectivity index (χ3n) is 2.31. The molecule has 0 N–H and O–H groups in total. The van der Waals surface area contributed by atoms with E-state index in [-0.39, 0.29) is 0 Å². The minimum atomic E-state index is 0.769. The number of methoxy groups -OCH3 is 1. The van der Waals surface area contributed by atoms with E-state index < -0.39 is 0 Å². The van der Waals surface area contributed by atoms with Crippen LogP contribution in [0.25, 0.3) is 0 Å². The van der Waals surface area contributed by atoms with Gasteiger partial charge in [0.15, 0.2) is 0 Å². The monoisotopic (exact) mass is 215 g/mol. The second kappa shape index (κ2) is 4.66. The maximum absolute atomic E-state index is 5.23. The Morgan fingerprint density at radius 2 is 2.06 bits per heavy atom. The molecule has 0 aliphatic carbocycles. The molecule has 0 bridgehead atoms. The summed E-state index contributed by atoms with van der Waals surface area (Å²) in [5, 5.41) is 0. The molecule has 0 fully saturated rings. The predicted octanol–water partition coefficient (Wildman–Crippen LogP) is 3.43. The van der Waals surface area contributed by atoms with E-state index in [4.69, 9.17) is 9.15 Å². The molecule has 0 aliphatic heterocycles. The minimum Gasteiger partial charge on any atom is -0.494 e. The number of hydrogen-bond acceptors (Lipinski definition) is 3. The van der Waals surface area contributed by atoms with Gasteiger partial charge in [-0.1, -0.05) is 12.1 Å². The minimum absolute atomic E-state index is 0.769. The predicted molar refractivity (Wildman–Crippen MR) is 63.6 cm³/mol. The van der Waals surface area contributed by atoms with Crippen LogP contribution in [0.3, 0.4) is 0 Å². The van der Waals surface area contributed by atoms with E-state index >= 15 is 0 Å². The summed E-state index contributed by atoms with van der Waals surface area (Å²) in [6.45, 7) is 1.94. The van der Waals surface area contributed by atoms with Crippen molar-refractivity contribution in [3.05, 3.63) is 48.4 Å². The summed E-state index contributed by atoms with van der Waals surface area (Å²) in [5.41, 5.74) is 2.70. The molecule has 0 saturated heterocycles. The Hall–Kier alpha value is -2.03. The first-order valence-corrected chi connectivity index (χ1v) is 5.02. The first-order chi connectivity index (χ1) is 7.81. The Labute approximate surface area is 94.4 Å². The molecule has 3 nitrogen and oxygen atoms in total. The van der Waals surface area contributed by atoms with E-state index in [1.807, 2.05) is 37.3 Å². The molecular formula is C13H13NO2. The first-order valence-electron chi connectivity index (χ1n) is 5.02. The van der Waals surface area contributed by atoms with Gasteiger partial charge in [-0.05, 0) is 25.1 Å². The lowest BCUT2D eigenvalue weighted by Gasteiger charge is -2.04. The van der Waals surface area contributed by atoms with Crippen LogP contribution in [0.2, 0.25) is 0 Å². The Kier molecular flexibility index (Phi) is 3.05. The zero-order valence-corrected chi connectivity index (χ0v) is 9.31. The van der Waals surface area contributed by atoms with Crippen LogP contribution < -0.4 is 4.74 Å². The summed E-state index contributed by atoms with van der Waals surface area (Å²) in [6.07, 6.45) is 3.31. The Morgan fingerprint density at radius 1 is 1.25 bits per heavy atom. The average Bonchev–Trinajstić information content (AvgIpc) is 2.83. The van der Waals surface area contributed by atoms with Crippen molar-refractivity contribution in [3.8, 4) is 5.75 Å². The fraction of sp³-hybridized carbons (Fsp3) is 0.154. The van der Waals surface area contributed by atoms with Gasteiger partial charge in [0, 0.05) is 11.3 Å². The molecule has 0 amide bonds. The van der Waals surface area contributed by atoms with Crippen LogP contribution in [0.1, 0.15) is 12.5 Å². The summed E-state index contributed by atoms with van der Waals surface area (Å²) in [5.74, 6) is 0.769. The van der Waals surface area contributed by atoms with Gasteiger partial charge in [0.1, 0.15) is 11.4 Å². The molecule has 16 heavy (non-hydrogen) atoms. The number of aliphatic imine (C=N–C) groups is 1. The highest BCUT2D eigenvalue weighted by atomic mass is 16.5. The van der Waals surface area contributed by atoms with Gasteiger partial charge >= 0.3 is 0 Å². The van der Waals surface area contributed by atoms with Gasteiger partial charge < -0.3 is 9.15 Å². The molecule has 1 aromatic carbocycles. The van der Waals surface area contributed by atoms with E-state index in [1.54, 1.807) is 19.6 Å². The second-order valence-electron chi connectivity index (χ2n) is 3.38. The van der Waals surface area contributed by atoms with Gasteiger partial charge in [0.25, 0.3) is 0 Å². The van der Waals surface area contributed by atoms with Crippen molar-refractivity contribution in [2.24, 2.45) is 4.99 Å². The third kappa shape index (κ3) is 2.14. The van der Waals surface area contributed by atoms with Crippen molar-refractivity contribution in [3.63, 3.8) is 0 Å². The van der Waals surface area contributed by atoms with Gasteiger partial charge in [-0.2, -0.15) is 0 Å². The van der Waals surface area contributed by atoms with Gasteiger partial charge in [0.2, 0.25) is 0 Å². The van der Waals surface area contributed by atoms with Crippen molar-refractivity contribution >= 4 is 11.4 Å². The SMILES string of the molecule is COc1ccccc1N=C(C)c1ccoc1. The lowest BCUT2D eigenvalue weighted by molar-refractivity contribution is 0.416. The van der Waals surface area contributed by atoms with Crippen LogP contribution in [0.15, 0.2) is 52.3 Å². The van der Waals surface area contributed by atoms with Crippen molar-refractivity contribution in [2.75, 3.05) is 7.11 Å². The maximum Gasteiger partial charge on any atom is 0.144 e. The average molecular weight is 215 g/mol. The third-order valence-corrected chi connectivity index (χ3v) is 2.31. The topological polar surface area (TPSA) is 34.7 Å². The molecule has 2 rings (SSSR count). The second-order valence-corrected chi connectivity index (χ2v) is 3.38. The number of hydrogen-bond donors (Lipinski definition) is 0. The summed E-state index contributed by atoms with van der Waals surface area (Å²) in [4.78, 5) is 4.50.